The minimum atomic E-state index is 0.461. The Morgan fingerprint density at radius 3 is 2.67 bits per heavy atom. The van der Waals surface area contributed by atoms with E-state index < -0.39 is 0 Å². The first-order valence-corrected chi connectivity index (χ1v) is 8.43. The van der Waals surface area contributed by atoms with Crippen LogP contribution in [-0.2, 0) is 13.2 Å². The molecule has 1 aromatic carbocycles. The molecule has 0 amide bonds. The van der Waals surface area contributed by atoms with Crippen LogP contribution in [0.3, 0.4) is 0 Å². The molecule has 2 rings (SSSR count). The Bertz CT molecular complexity index is 534. The second-order valence-corrected chi connectivity index (χ2v) is 6.29. The van der Waals surface area contributed by atoms with E-state index in [-0.39, 0.29) is 0 Å². The van der Waals surface area contributed by atoms with Gasteiger partial charge in [-0.15, -0.1) is 11.8 Å². The molecule has 0 bridgehead atoms. The summed E-state index contributed by atoms with van der Waals surface area (Å²) in [4.78, 5) is 1.24. The molecule has 1 heterocycles. The number of thioether (sulfide) groups is 1. The molecule has 0 spiro atoms. The third-order valence-electron chi connectivity index (χ3n) is 3.03. The molecule has 21 heavy (non-hydrogen) atoms. The van der Waals surface area contributed by atoms with Crippen LogP contribution in [0.15, 0.2) is 45.9 Å². The van der Waals surface area contributed by atoms with Crippen LogP contribution in [-0.4, -0.2) is 12.8 Å². The van der Waals surface area contributed by atoms with E-state index in [2.05, 4.69) is 37.6 Å². The number of rotatable bonds is 8. The molecule has 0 aliphatic heterocycles. The van der Waals surface area contributed by atoms with Crippen molar-refractivity contribution < 1.29 is 9.15 Å². The number of hydrogen-bond donors (Lipinski definition) is 1. The highest BCUT2D eigenvalue weighted by atomic mass is 32.2. The summed E-state index contributed by atoms with van der Waals surface area (Å²) in [5.41, 5.74) is 1.16. The Balaban J connectivity index is 1.79. The summed E-state index contributed by atoms with van der Waals surface area (Å²) in [6, 6.07) is 10.1. The van der Waals surface area contributed by atoms with Crippen LogP contribution < -0.4 is 10.1 Å². The van der Waals surface area contributed by atoms with Crippen molar-refractivity contribution in [1.82, 2.24) is 5.32 Å². The monoisotopic (exact) mass is 305 g/mol. The van der Waals surface area contributed by atoms with Crippen LogP contribution in [0.1, 0.15) is 25.2 Å². The number of nitrogens with one attached hydrogen (secondary N) is 1. The first-order valence-electron chi connectivity index (χ1n) is 7.21. The van der Waals surface area contributed by atoms with E-state index in [0.717, 1.165) is 30.2 Å². The molecule has 0 saturated heterocycles. The van der Waals surface area contributed by atoms with Gasteiger partial charge in [0.2, 0.25) is 0 Å². The highest BCUT2D eigenvalue weighted by molar-refractivity contribution is 7.98. The van der Waals surface area contributed by atoms with Gasteiger partial charge in [0.25, 0.3) is 0 Å². The third-order valence-corrected chi connectivity index (χ3v) is 3.77. The van der Waals surface area contributed by atoms with Crippen LogP contribution in [0.5, 0.6) is 5.75 Å². The fraction of sp³-hybridized carbons (Fsp3) is 0.412. The Morgan fingerprint density at radius 2 is 2.00 bits per heavy atom. The van der Waals surface area contributed by atoms with Crippen LogP contribution in [0.4, 0.5) is 0 Å². The lowest BCUT2D eigenvalue weighted by Crippen LogP contribution is -2.18. The summed E-state index contributed by atoms with van der Waals surface area (Å²) in [5.74, 6) is 2.37. The van der Waals surface area contributed by atoms with Crippen LogP contribution in [0, 0.1) is 5.92 Å². The van der Waals surface area contributed by atoms with E-state index in [1.54, 1.807) is 18.0 Å². The molecule has 0 atom stereocenters. The number of furan rings is 1. The van der Waals surface area contributed by atoms with Crippen molar-refractivity contribution in [2.45, 2.75) is 31.9 Å². The van der Waals surface area contributed by atoms with Crippen molar-refractivity contribution in [3.05, 3.63) is 47.9 Å². The Hall–Kier alpha value is -1.39. The zero-order valence-corrected chi connectivity index (χ0v) is 13.7. The Labute approximate surface area is 131 Å². The van der Waals surface area contributed by atoms with Gasteiger partial charge in [-0.1, -0.05) is 13.8 Å². The van der Waals surface area contributed by atoms with Gasteiger partial charge in [-0.05, 0) is 49.1 Å². The standard InChI is InChI=1S/C17H23NO2S/c1-13(2)9-18-10-14-8-16(19-11-14)12-20-15-4-6-17(21-3)7-5-15/h4-8,11,13,18H,9-10,12H2,1-3H3. The smallest absolute Gasteiger partial charge is 0.146 e. The highest BCUT2D eigenvalue weighted by Gasteiger charge is 2.03. The lowest BCUT2D eigenvalue weighted by molar-refractivity contribution is 0.270. The van der Waals surface area contributed by atoms with Crippen molar-refractivity contribution in [2.75, 3.05) is 12.8 Å². The molecule has 1 N–H and O–H groups in total. The van der Waals surface area contributed by atoms with E-state index in [4.69, 9.17) is 9.15 Å². The molecule has 0 fully saturated rings. The largest absolute Gasteiger partial charge is 0.486 e. The SMILES string of the molecule is CSc1ccc(OCc2cc(CNCC(C)C)co2)cc1. The first kappa shape index (κ1) is 16.0. The molecule has 1 aromatic heterocycles. The summed E-state index contributed by atoms with van der Waals surface area (Å²) in [6.45, 7) is 6.71. The van der Waals surface area contributed by atoms with E-state index in [1.807, 2.05) is 18.2 Å². The molecule has 0 aliphatic carbocycles. The molecule has 0 unspecified atom stereocenters. The molecule has 3 nitrogen and oxygen atoms in total. The summed E-state index contributed by atoms with van der Waals surface area (Å²) in [6.07, 6.45) is 3.86. The van der Waals surface area contributed by atoms with Crippen molar-refractivity contribution >= 4 is 11.8 Å². The van der Waals surface area contributed by atoms with Gasteiger partial charge in [-0.2, -0.15) is 0 Å². The molecule has 4 heteroatoms. The second-order valence-electron chi connectivity index (χ2n) is 5.41. The maximum Gasteiger partial charge on any atom is 0.146 e. The molecular formula is C17H23NO2S. The summed E-state index contributed by atoms with van der Waals surface area (Å²) < 4.78 is 11.2. The van der Waals surface area contributed by atoms with Gasteiger partial charge in [0.1, 0.15) is 18.1 Å². The van der Waals surface area contributed by atoms with Crippen LogP contribution >= 0.6 is 11.8 Å². The van der Waals surface area contributed by atoms with Crippen molar-refractivity contribution in [3.63, 3.8) is 0 Å². The number of hydrogen-bond acceptors (Lipinski definition) is 4. The van der Waals surface area contributed by atoms with Gasteiger partial charge >= 0.3 is 0 Å². The highest BCUT2D eigenvalue weighted by Crippen LogP contribution is 2.20. The molecule has 114 valence electrons. The minimum Gasteiger partial charge on any atom is -0.486 e. The molecule has 0 aliphatic rings. The lowest BCUT2D eigenvalue weighted by Gasteiger charge is -2.05. The first-order chi connectivity index (χ1) is 10.2. The zero-order valence-electron chi connectivity index (χ0n) is 12.9. The summed E-state index contributed by atoms with van der Waals surface area (Å²) >= 11 is 1.72. The average molecular weight is 305 g/mol. The summed E-state index contributed by atoms with van der Waals surface area (Å²) in [7, 11) is 0. The minimum absolute atomic E-state index is 0.461. The third kappa shape index (κ3) is 5.48. The van der Waals surface area contributed by atoms with Gasteiger partial charge in [-0.3, -0.25) is 0 Å². The van der Waals surface area contributed by atoms with Gasteiger partial charge < -0.3 is 14.5 Å². The molecule has 0 saturated carbocycles. The Morgan fingerprint density at radius 1 is 1.24 bits per heavy atom. The van der Waals surface area contributed by atoms with E-state index >= 15 is 0 Å². The average Bonchev–Trinajstić information content (AvgIpc) is 2.93. The lowest BCUT2D eigenvalue weighted by atomic mass is 10.2. The Kier molecular flexibility index (Phi) is 6.21. The quantitative estimate of drug-likeness (QED) is 0.736. The predicted octanol–water partition coefficient (Wildman–Crippen LogP) is 4.33. The number of benzene rings is 1. The van der Waals surface area contributed by atoms with Crippen LogP contribution in [0.25, 0.3) is 0 Å². The molecule has 0 radical (unpaired) electrons. The van der Waals surface area contributed by atoms with Gasteiger partial charge in [0, 0.05) is 17.0 Å². The predicted molar refractivity (Wildman–Crippen MR) is 87.8 cm³/mol. The van der Waals surface area contributed by atoms with E-state index in [1.165, 1.54) is 4.90 Å². The van der Waals surface area contributed by atoms with Gasteiger partial charge in [0.15, 0.2) is 0 Å². The van der Waals surface area contributed by atoms with Gasteiger partial charge in [-0.25, -0.2) is 0 Å². The van der Waals surface area contributed by atoms with Crippen LogP contribution in [0.2, 0.25) is 0 Å². The topological polar surface area (TPSA) is 34.4 Å². The van der Waals surface area contributed by atoms with Gasteiger partial charge in [0.05, 0.1) is 6.26 Å². The van der Waals surface area contributed by atoms with Crippen molar-refractivity contribution in [2.24, 2.45) is 5.92 Å². The second kappa shape index (κ2) is 8.15. The van der Waals surface area contributed by atoms with E-state index in [0.29, 0.717) is 12.5 Å². The fourth-order valence-electron chi connectivity index (χ4n) is 1.93. The fourth-order valence-corrected chi connectivity index (χ4v) is 2.33. The molecular weight excluding hydrogens is 282 g/mol. The maximum absolute atomic E-state index is 5.72. The normalized spacial score (nSPS) is 11.0. The molecule has 2 aromatic rings. The maximum atomic E-state index is 5.72. The zero-order chi connectivity index (χ0) is 15.1. The van der Waals surface area contributed by atoms with Crippen molar-refractivity contribution in [1.29, 1.82) is 0 Å². The summed E-state index contributed by atoms with van der Waals surface area (Å²) in [5, 5.41) is 3.40. The number of ether oxygens (including phenoxy) is 1. The van der Waals surface area contributed by atoms with Crippen molar-refractivity contribution in [3.8, 4) is 5.75 Å². The van der Waals surface area contributed by atoms with E-state index in [9.17, 15) is 0 Å².